The number of hydrogen-bond donors (Lipinski definition) is 1. The third-order valence-electron chi connectivity index (χ3n) is 5.82. The quantitative estimate of drug-likeness (QED) is 0.414. The second kappa shape index (κ2) is 12.4. The van der Waals surface area contributed by atoms with Gasteiger partial charge in [-0.2, -0.15) is 0 Å². The predicted molar refractivity (Wildman–Crippen MR) is 139 cm³/mol. The van der Waals surface area contributed by atoms with E-state index in [2.05, 4.69) is 19.2 Å². The van der Waals surface area contributed by atoms with E-state index in [0.717, 1.165) is 22.3 Å². The van der Waals surface area contributed by atoms with Gasteiger partial charge in [-0.15, -0.1) is 0 Å². The summed E-state index contributed by atoms with van der Waals surface area (Å²) in [5.74, 6) is 0.100. The highest BCUT2D eigenvalue weighted by molar-refractivity contribution is 6.30. The summed E-state index contributed by atoms with van der Waals surface area (Å²) in [6.07, 6.45) is 0.681. The van der Waals surface area contributed by atoms with E-state index in [0.29, 0.717) is 30.5 Å². The zero-order valence-electron chi connectivity index (χ0n) is 20.1. The summed E-state index contributed by atoms with van der Waals surface area (Å²) in [7, 11) is 0. The largest absolute Gasteiger partial charge is 0.354 e. The zero-order valence-corrected chi connectivity index (χ0v) is 20.9. The van der Waals surface area contributed by atoms with Gasteiger partial charge in [-0.25, -0.2) is 0 Å². The monoisotopic (exact) mass is 476 g/mol. The molecule has 0 aliphatic rings. The van der Waals surface area contributed by atoms with Crippen LogP contribution in [0.15, 0.2) is 78.9 Å². The molecule has 0 bridgehead atoms. The van der Waals surface area contributed by atoms with Gasteiger partial charge in [0.25, 0.3) is 0 Å². The smallest absolute Gasteiger partial charge is 0.243 e. The Labute approximate surface area is 207 Å². The summed E-state index contributed by atoms with van der Waals surface area (Å²) in [6, 6.07) is 24.5. The van der Waals surface area contributed by atoms with Crippen LogP contribution in [0.3, 0.4) is 0 Å². The molecule has 3 aromatic rings. The first kappa shape index (κ1) is 25.5. The van der Waals surface area contributed by atoms with Gasteiger partial charge in [0.15, 0.2) is 0 Å². The Morgan fingerprint density at radius 1 is 0.882 bits per heavy atom. The topological polar surface area (TPSA) is 49.4 Å². The number of benzene rings is 3. The molecule has 3 aromatic carbocycles. The molecule has 34 heavy (non-hydrogen) atoms. The lowest BCUT2D eigenvalue weighted by atomic mass is 10.00. The zero-order chi connectivity index (χ0) is 24.5. The maximum Gasteiger partial charge on any atom is 0.243 e. The summed E-state index contributed by atoms with van der Waals surface area (Å²) in [6.45, 7) is 7.00. The lowest BCUT2D eigenvalue weighted by Crippen LogP contribution is -2.51. The molecule has 5 heteroatoms. The Kier molecular flexibility index (Phi) is 9.29. The van der Waals surface area contributed by atoms with E-state index >= 15 is 0 Å². The van der Waals surface area contributed by atoms with Gasteiger partial charge >= 0.3 is 0 Å². The van der Waals surface area contributed by atoms with E-state index in [4.69, 9.17) is 11.6 Å². The van der Waals surface area contributed by atoms with Gasteiger partial charge in [-0.3, -0.25) is 9.59 Å². The Morgan fingerprint density at radius 3 is 2.18 bits per heavy atom. The van der Waals surface area contributed by atoms with Gasteiger partial charge in [0, 0.05) is 24.5 Å². The molecule has 0 aromatic heterocycles. The lowest BCUT2D eigenvalue weighted by Gasteiger charge is -2.32. The van der Waals surface area contributed by atoms with Crippen LogP contribution in [0.1, 0.15) is 36.1 Å². The third kappa shape index (κ3) is 7.46. The Hall–Kier alpha value is -3.11. The maximum atomic E-state index is 13.7. The average Bonchev–Trinajstić information content (AvgIpc) is 2.83. The van der Waals surface area contributed by atoms with E-state index in [-0.39, 0.29) is 18.2 Å². The van der Waals surface area contributed by atoms with Gasteiger partial charge < -0.3 is 10.2 Å². The molecule has 0 heterocycles. The fraction of sp³-hybridized carbons (Fsp3) is 0.310. The molecular formula is C29H33ClN2O2. The van der Waals surface area contributed by atoms with Gasteiger partial charge in [-0.05, 0) is 47.2 Å². The fourth-order valence-electron chi connectivity index (χ4n) is 3.84. The Bertz CT molecular complexity index is 1080. The minimum Gasteiger partial charge on any atom is -0.354 e. The van der Waals surface area contributed by atoms with Crippen molar-refractivity contribution >= 4 is 23.4 Å². The molecule has 178 valence electrons. The van der Waals surface area contributed by atoms with Gasteiger partial charge in [0.2, 0.25) is 11.8 Å². The summed E-state index contributed by atoms with van der Waals surface area (Å²) < 4.78 is 0. The standard InChI is InChI=1S/C29H33ClN2O2/c1-21(2)19-31-29(34)27(17-23-10-5-4-6-11-23)32(20-24-13-15-26(30)16-14-24)28(33)18-25-12-8-7-9-22(25)3/h4-16,21,27H,17-20H2,1-3H3,(H,31,34)/t27-/m0/s1. The van der Waals surface area contributed by atoms with Gasteiger partial charge in [-0.1, -0.05) is 92.2 Å². The molecule has 0 unspecified atom stereocenters. The molecule has 3 rings (SSSR count). The summed E-state index contributed by atoms with van der Waals surface area (Å²) >= 11 is 6.08. The SMILES string of the molecule is Cc1ccccc1CC(=O)N(Cc1ccc(Cl)cc1)[C@@H](Cc1ccccc1)C(=O)NCC(C)C. The van der Waals surface area contributed by atoms with Crippen molar-refractivity contribution in [3.8, 4) is 0 Å². The number of nitrogens with zero attached hydrogens (tertiary/aromatic N) is 1. The molecule has 0 spiro atoms. The number of hydrogen-bond acceptors (Lipinski definition) is 2. The highest BCUT2D eigenvalue weighted by atomic mass is 35.5. The second-order valence-electron chi connectivity index (χ2n) is 9.10. The van der Waals surface area contributed by atoms with E-state index in [1.54, 1.807) is 4.90 Å². The van der Waals surface area contributed by atoms with Crippen molar-refractivity contribution in [3.05, 3.63) is 106 Å². The van der Waals surface area contributed by atoms with Crippen LogP contribution in [0, 0.1) is 12.8 Å². The fourth-order valence-corrected chi connectivity index (χ4v) is 3.96. The molecule has 0 aliphatic carbocycles. The minimum absolute atomic E-state index is 0.0788. The van der Waals surface area contributed by atoms with Crippen molar-refractivity contribution in [2.75, 3.05) is 6.54 Å². The van der Waals surface area contributed by atoms with Crippen LogP contribution >= 0.6 is 11.6 Å². The normalized spacial score (nSPS) is 11.8. The van der Waals surface area contributed by atoms with Crippen LogP contribution in [0.5, 0.6) is 0 Å². The number of amides is 2. The summed E-state index contributed by atoms with van der Waals surface area (Å²) in [4.78, 5) is 28.9. The highest BCUT2D eigenvalue weighted by Crippen LogP contribution is 2.19. The van der Waals surface area contributed by atoms with Crippen LogP contribution in [-0.2, 0) is 29.0 Å². The molecule has 0 saturated heterocycles. The molecule has 0 radical (unpaired) electrons. The molecule has 0 aliphatic heterocycles. The first-order valence-electron chi connectivity index (χ1n) is 11.7. The van der Waals surface area contributed by atoms with Crippen molar-refractivity contribution < 1.29 is 9.59 Å². The summed E-state index contributed by atoms with van der Waals surface area (Å²) in [5.41, 5.74) is 3.97. The molecule has 0 fully saturated rings. The third-order valence-corrected chi connectivity index (χ3v) is 6.08. The molecule has 2 amide bonds. The minimum atomic E-state index is -0.631. The van der Waals surface area contributed by atoms with Crippen molar-refractivity contribution in [1.29, 1.82) is 0 Å². The van der Waals surface area contributed by atoms with E-state index in [9.17, 15) is 9.59 Å². The number of carbonyl (C=O) groups excluding carboxylic acids is 2. The molecule has 0 saturated carbocycles. The number of aryl methyl sites for hydroxylation is 1. The Morgan fingerprint density at radius 2 is 1.53 bits per heavy atom. The number of carbonyl (C=O) groups is 2. The lowest BCUT2D eigenvalue weighted by molar-refractivity contribution is -0.140. The summed E-state index contributed by atoms with van der Waals surface area (Å²) in [5, 5.41) is 3.69. The van der Waals surface area contributed by atoms with Gasteiger partial charge in [0.05, 0.1) is 6.42 Å². The molecule has 4 nitrogen and oxygen atoms in total. The van der Waals surface area contributed by atoms with E-state index < -0.39 is 6.04 Å². The molecular weight excluding hydrogens is 444 g/mol. The van der Waals surface area contributed by atoms with Crippen molar-refractivity contribution in [1.82, 2.24) is 10.2 Å². The van der Waals surface area contributed by atoms with E-state index in [1.807, 2.05) is 85.8 Å². The molecule has 1 atom stereocenters. The number of nitrogens with one attached hydrogen (secondary N) is 1. The average molecular weight is 477 g/mol. The highest BCUT2D eigenvalue weighted by Gasteiger charge is 2.30. The second-order valence-corrected chi connectivity index (χ2v) is 9.53. The van der Waals surface area contributed by atoms with Crippen LogP contribution in [-0.4, -0.2) is 29.3 Å². The van der Waals surface area contributed by atoms with Crippen molar-refractivity contribution in [2.45, 2.75) is 46.2 Å². The van der Waals surface area contributed by atoms with Crippen LogP contribution in [0.4, 0.5) is 0 Å². The first-order valence-corrected chi connectivity index (χ1v) is 12.1. The number of rotatable bonds is 10. The molecule has 1 N–H and O–H groups in total. The van der Waals surface area contributed by atoms with Crippen molar-refractivity contribution in [3.63, 3.8) is 0 Å². The van der Waals surface area contributed by atoms with E-state index in [1.165, 1.54) is 0 Å². The number of halogens is 1. The predicted octanol–water partition coefficient (Wildman–Crippen LogP) is 5.60. The Balaban J connectivity index is 1.96. The van der Waals surface area contributed by atoms with Crippen LogP contribution < -0.4 is 5.32 Å². The first-order chi connectivity index (χ1) is 16.3. The van der Waals surface area contributed by atoms with Gasteiger partial charge in [0.1, 0.15) is 6.04 Å². The van der Waals surface area contributed by atoms with Crippen LogP contribution in [0.25, 0.3) is 0 Å². The van der Waals surface area contributed by atoms with Crippen LogP contribution in [0.2, 0.25) is 5.02 Å². The maximum absolute atomic E-state index is 13.7. The van der Waals surface area contributed by atoms with Crippen molar-refractivity contribution in [2.24, 2.45) is 5.92 Å².